The van der Waals surface area contributed by atoms with Crippen LogP contribution in [-0.2, 0) is 0 Å². The third-order valence-corrected chi connectivity index (χ3v) is 3.92. The van der Waals surface area contributed by atoms with Crippen molar-refractivity contribution in [1.82, 2.24) is 0 Å². The lowest BCUT2D eigenvalue weighted by Crippen LogP contribution is -2.25. The first kappa shape index (κ1) is 9.56. The number of hydrogen-bond donors (Lipinski definition) is 2. The zero-order chi connectivity index (χ0) is 8.36. The molecular formula is C7H16O2Si. The quantitative estimate of drug-likeness (QED) is 0.481. The molecule has 0 atom stereocenters. The third kappa shape index (κ3) is 2.43. The molecule has 0 aromatic carbocycles. The number of allylic oxidation sites excluding steroid dienone is 1. The Kier molecular flexibility index (Phi) is 2.96. The van der Waals surface area contributed by atoms with Crippen LogP contribution in [0.5, 0.6) is 0 Å². The van der Waals surface area contributed by atoms with Crippen LogP contribution < -0.4 is 0 Å². The van der Waals surface area contributed by atoms with Crippen molar-refractivity contribution in [2.24, 2.45) is 0 Å². The Labute approximate surface area is 63.2 Å². The first-order valence-electron chi connectivity index (χ1n) is 3.51. The van der Waals surface area contributed by atoms with Crippen molar-refractivity contribution in [3.63, 3.8) is 0 Å². The van der Waals surface area contributed by atoms with Crippen molar-refractivity contribution < 1.29 is 10.2 Å². The van der Waals surface area contributed by atoms with Gasteiger partial charge in [0.25, 0.3) is 5.95 Å². The second kappa shape index (κ2) is 3.10. The topological polar surface area (TPSA) is 40.5 Å². The summed E-state index contributed by atoms with van der Waals surface area (Å²) >= 11 is 0. The van der Waals surface area contributed by atoms with Crippen LogP contribution in [0.1, 0.15) is 13.3 Å². The van der Waals surface area contributed by atoms with Gasteiger partial charge in [-0.05, 0) is 11.6 Å². The van der Waals surface area contributed by atoms with Crippen LogP contribution in [0.3, 0.4) is 0 Å². The van der Waals surface area contributed by atoms with Crippen LogP contribution in [0.2, 0.25) is 19.6 Å². The maximum atomic E-state index is 8.82. The van der Waals surface area contributed by atoms with Gasteiger partial charge in [-0.1, -0.05) is 26.6 Å². The second-order valence-electron chi connectivity index (χ2n) is 3.41. The third-order valence-electron chi connectivity index (χ3n) is 1.53. The molecular weight excluding hydrogens is 144 g/mol. The summed E-state index contributed by atoms with van der Waals surface area (Å²) < 4.78 is 0. The van der Waals surface area contributed by atoms with Crippen molar-refractivity contribution in [3.05, 3.63) is 11.1 Å². The van der Waals surface area contributed by atoms with Crippen LogP contribution in [0.15, 0.2) is 11.1 Å². The highest BCUT2D eigenvalue weighted by atomic mass is 28.3. The van der Waals surface area contributed by atoms with E-state index in [2.05, 4.69) is 19.6 Å². The lowest BCUT2D eigenvalue weighted by atomic mass is 10.4. The minimum atomic E-state index is -1.47. The molecule has 0 unspecified atom stereocenters. The molecule has 0 rings (SSSR count). The molecule has 3 heteroatoms. The maximum absolute atomic E-state index is 8.82. The van der Waals surface area contributed by atoms with E-state index in [1.807, 2.05) is 6.92 Å². The minimum absolute atomic E-state index is 0.457. The second-order valence-corrected chi connectivity index (χ2v) is 8.51. The van der Waals surface area contributed by atoms with E-state index < -0.39 is 14.0 Å². The van der Waals surface area contributed by atoms with Crippen molar-refractivity contribution >= 4 is 8.07 Å². The zero-order valence-electron chi connectivity index (χ0n) is 7.10. The van der Waals surface area contributed by atoms with Crippen molar-refractivity contribution in [3.8, 4) is 0 Å². The maximum Gasteiger partial charge on any atom is 0.269 e. The smallest absolute Gasteiger partial charge is 0.269 e. The molecule has 0 aromatic heterocycles. The Morgan fingerprint density at radius 1 is 1.20 bits per heavy atom. The van der Waals surface area contributed by atoms with E-state index in [9.17, 15) is 0 Å². The molecule has 0 aliphatic rings. The number of aliphatic hydroxyl groups excluding tert-OH is 1. The predicted molar refractivity (Wildman–Crippen MR) is 45.9 cm³/mol. The highest BCUT2D eigenvalue weighted by molar-refractivity contribution is 6.83. The van der Waals surface area contributed by atoms with Crippen molar-refractivity contribution in [2.75, 3.05) is 0 Å². The summed E-state index contributed by atoms with van der Waals surface area (Å²) in [6.45, 7) is 8.23. The summed E-state index contributed by atoms with van der Waals surface area (Å²) in [7, 11) is -1.47. The Balaban J connectivity index is 4.55. The SMILES string of the molecule is CCC(=C(O)O)[Si](C)(C)C. The molecule has 0 saturated carbocycles. The molecule has 0 aliphatic carbocycles. The lowest BCUT2D eigenvalue weighted by Gasteiger charge is -2.18. The molecule has 0 fully saturated rings. The van der Waals surface area contributed by atoms with E-state index in [1.165, 1.54) is 0 Å². The van der Waals surface area contributed by atoms with E-state index in [1.54, 1.807) is 0 Å². The molecule has 0 saturated heterocycles. The van der Waals surface area contributed by atoms with E-state index in [4.69, 9.17) is 10.2 Å². The molecule has 0 bridgehead atoms. The largest absolute Gasteiger partial charge is 0.481 e. The summed E-state index contributed by atoms with van der Waals surface area (Å²) in [6, 6.07) is 0. The number of aliphatic hydroxyl groups is 2. The lowest BCUT2D eigenvalue weighted by molar-refractivity contribution is 0.186. The van der Waals surface area contributed by atoms with E-state index >= 15 is 0 Å². The average molecular weight is 160 g/mol. The van der Waals surface area contributed by atoms with Crippen molar-refractivity contribution in [1.29, 1.82) is 0 Å². The molecule has 10 heavy (non-hydrogen) atoms. The summed E-state index contributed by atoms with van der Waals surface area (Å²) in [5, 5.41) is 18.5. The molecule has 0 amide bonds. The Bertz CT molecular complexity index is 140. The fourth-order valence-electron chi connectivity index (χ4n) is 1.02. The van der Waals surface area contributed by atoms with E-state index in [-0.39, 0.29) is 0 Å². The Hall–Kier alpha value is -0.443. The summed E-state index contributed by atoms with van der Waals surface area (Å²) in [5.74, 6) is -0.457. The van der Waals surface area contributed by atoms with Crippen LogP contribution >= 0.6 is 0 Å². The van der Waals surface area contributed by atoms with Gasteiger partial charge in [0.1, 0.15) is 0 Å². The molecule has 0 heterocycles. The standard InChI is InChI=1S/C7H16O2Si/c1-5-6(7(8)9)10(2,3)4/h8-9H,5H2,1-4H3. The fourth-order valence-corrected chi connectivity index (χ4v) is 2.76. The van der Waals surface area contributed by atoms with Crippen LogP contribution in [0.4, 0.5) is 0 Å². The van der Waals surface area contributed by atoms with Gasteiger partial charge in [-0.3, -0.25) is 0 Å². The number of hydrogen-bond acceptors (Lipinski definition) is 2. The van der Waals surface area contributed by atoms with Gasteiger partial charge in [-0.15, -0.1) is 0 Å². The summed E-state index contributed by atoms with van der Waals surface area (Å²) in [4.78, 5) is 0. The minimum Gasteiger partial charge on any atom is -0.481 e. The van der Waals surface area contributed by atoms with Gasteiger partial charge in [-0.2, -0.15) is 0 Å². The highest BCUT2D eigenvalue weighted by Crippen LogP contribution is 2.19. The molecule has 0 spiro atoms. The van der Waals surface area contributed by atoms with Crippen LogP contribution in [-0.4, -0.2) is 18.3 Å². The molecule has 2 N–H and O–H groups in total. The van der Waals surface area contributed by atoms with E-state index in [0.29, 0.717) is 0 Å². The van der Waals surface area contributed by atoms with Gasteiger partial charge in [0.05, 0.1) is 8.07 Å². The van der Waals surface area contributed by atoms with Gasteiger partial charge >= 0.3 is 0 Å². The zero-order valence-corrected chi connectivity index (χ0v) is 8.10. The molecule has 0 aromatic rings. The van der Waals surface area contributed by atoms with Gasteiger partial charge in [0, 0.05) is 0 Å². The number of rotatable bonds is 2. The predicted octanol–water partition coefficient (Wildman–Crippen LogP) is 2.60. The normalized spacial score (nSPS) is 11.2. The van der Waals surface area contributed by atoms with Gasteiger partial charge in [0.15, 0.2) is 0 Å². The molecule has 2 nitrogen and oxygen atoms in total. The molecule has 0 radical (unpaired) electrons. The van der Waals surface area contributed by atoms with Gasteiger partial charge < -0.3 is 10.2 Å². The van der Waals surface area contributed by atoms with Crippen LogP contribution in [0.25, 0.3) is 0 Å². The van der Waals surface area contributed by atoms with Crippen LogP contribution in [0, 0.1) is 0 Å². The van der Waals surface area contributed by atoms with Gasteiger partial charge in [-0.25, -0.2) is 0 Å². The van der Waals surface area contributed by atoms with Crippen molar-refractivity contribution in [2.45, 2.75) is 33.0 Å². The van der Waals surface area contributed by atoms with Gasteiger partial charge in [0.2, 0.25) is 0 Å². The Morgan fingerprint density at radius 2 is 1.60 bits per heavy atom. The van der Waals surface area contributed by atoms with E-state index in [0.717, 1.165) is 11.6 Å². The summed E-state index contributed by atoms with van der Waals surface area (Å²) in [5.41, 5.74) is 0. The molecule has 0 aliphatic heterocycles. The molecule has 60 valence electrons. The fraction of sp³-hybridized carbons (Fsp3) is 0.714. The average Bonchev–Trinajstić information content (AvgIpc) is 1.60. The first-order valence-corrected chi connectivity index (χ1v) is 7.01. The first-order chi connectivity index (χ1) is 4.39. The highest BCUT2D eigenvalue weighted by Gasteiger charge is 2.21. The monoisotopic (exact) mass is 160 g/mol. The summed E-state index contributed by atoms with van der Waals surface area (Å²) in [6.07, 6.45) is 0.748. The Morgan fingerprint density at radius 3 is 1.60 bits per heavy atom.